The van der Waals surface area contributed by atoms with Crippen LogP contribution in [0.25, 0.3) is 16.6 Å². The number of hydrogen-bond acceptors (Lipinski definition) is 3. The minimum Gasteiger partial charge on any atom is -0.365 e. The van der Waals surface area contributed by atoms with E-state index in [0.717, 1.165) is 30.6 Å². The third kappa shape index (κ3) is 2.72. The molecule has 4 nitrogen and oxygen atoms in total. The quantitative estimate of drug-likeness (QED) is 0.731. The third-order valence-electron chi connectivity index (χ3n) is 3.62. The number of nitrogens with one attached hydrogen (secondary N) is 1. The second kappa shape index (κ2) is 6.43. The SMILES string of the molecule is CCCCNc1nn(-c2ccccc2)c2ccccc2c1=O. The van der Waals surface area contributed by atoms with E-state index in [1.54, 1.807) is 0 Å². The van der Waals surface area contributed by atoms with Crippen molar-refractivity contribution in [1.29, 1.82) is 0 Å². The van der Waals surface area contributed by atoms with Gasteiger partial charge >= 0.3 is 0 Å². The monoisotopic (exact) mass is 293 g/mol. The van der Waals surface area contributed by atoms with Crippen LogP contribution in [0.1, 0.15) is 19.8 Å². The zero-order valence-electron chi connectivity index (χ0n) is 12.6. The van der Waals surface area contributed by atoms with E-state index in [2.05, 4.69) is 17.3 Å². The van der Waals surface area contributed by atoms with Gasteiger partial charge in [0.15, 0.2) is 5.82 Å². The largest absolute Gasteiger partial charge is 0.365 e. The second-order valence-corrected chi connectivity index (χ2v) is 5.22. The standard InChI is InChI=1S/C18H19N3O/c1-2-3-13-19-18-17(22)15-11-7-8-12-16(15)21(20-18)14-9-5-4-6-10-14/h4-12H,2-3,13H2,1H3,(H,19,20). The number of rotatable bonds is 5. The summed E-state index contributed by atoms with van der Waals surface area (Å²) in [5.41, 5.74) is 1.72. The van der Waals surface area contributed by atoms with Gasteiger partial charge in [-0.2, -0.15) is 0 Å². The van der Waals surface area contributed by atoms with Gasteiger partial charge in [-0.05, 0) is 30.7 Å². The Kier molecular flexibility index (Phi) is 4.19. The maximum absolute atomic E-state index is 12.6. The normalized spacial score (nSPS) is 10.8. The maximum Gasteiger partial charge on any atom is 0.231 e. The van der Waals surface area contributed by atoms with E-state index >= 15 is 0 Å². The van der Waals surface area contributed by atoms with Gasteiger partial charge < -0.3 is 5.32 Å². The summed E-state index contributed by atoms with van der Waals surface area (Å²) in [5.74, 6) is 0.413. The lowest BCUT2D eigenvalue weighted by Gasteiger charge is -2.12. The first-order valence-electron chi connectivity index (χ1n) is 7.62. The second-order valence-electron chi connectivity index (χ2n) is 5.22. The molecular formula is C18H19N3O. The molecule has 0 aliphatic heterocycles. The molecule has 0 unspecified atom stereocenters. The summed E-state index contributed by atoms with van der Waals surface area (Å²) in [6.45, 7) is 2.88. The zero-order chi connectivity index (χ0) is 15.4. The van der Waals surface area contributed by atoms with Crippen molar-refractivity contribution >= 4 is 16.7 Å². The Hall–Kier alpha value is -2.62. The minimum absolute atomic E-state index is 0.0427. The van der Waals surface area contributed by atoms with Gasteiger partial charge in [0.1, 0.15) is 0 Å². The molecule has 22 heavy (non-hydrogen) atoms. The van der Waals surface area contributed by atoms with Crippen LogP contribution in [-0.2, 0) is 0 Å². The van der Waals surface area contributed by atoms with Crippen LogP contribution in [-0.4, -0.2) is 16.3 Å². The van der Waals surface area contributed by atoms with Crippen molar-refractivity contribution in [2.24, 2.45) is 0 Å². The van der Waals surface area contributed by atoms with Crippen LogP contribution in [0.3, 0.4) is 0 Å². The van der Waals surface area contributed by atoms with Crippen LogP contribution in [0, 0.1) is 0 Å². The number of hydrogen-bond donors (Lipinski definition) is 1. The summed E-state index contributed by atoms with van der Waals surface area (Å²) >= 11 is 0. The number of unbranched alkanes of at least 4 members (excludes halogenated alkanes) is 1. The summed E-state index contributed by atoms with van der Waals surface area (Å²) in [5, 5.41) is 8.39. The van der Waals surface area contributed by atoms with Gasteiger partial charge in [0, 0.05) is 6.54 Å². The molecular weight excluding hydrogens is 274 g/mol. The molecule has 0 spiro atoms. The van der Waals surface area contributed by atoms with E-state index in [9.17, 15) is 4.79 Å². The van der Waals surface area contributed by atoms with Crippen LogP contribution in [0.2, 0.25) is 0 Å². The van der Waals surface area contributed by atoms with Crippen LogP contribution in [0.15, 0.2) is 59.4 Å². The Morgan fingerprint density at radius 1 is 1.05 bits per heavy atom. The van der Waals surface area contributed by atoms with Crippen LogP contribution in [0.4, 0.5) is 5.82 Å². The molecule has 1 N–H and O–H groups in total. The molecule has 0 bridgehead atoms. The summed E-state index contributed by atoms with van der Waals surface area (Å²) in [6.07, 6.45) is 2.09. The maximum atomic E-state index is 12.6. The van der Waals surface area contributed by atoms with Gasteiger partial charge in [-0.25, -0.2) is 4.68 Å². The lowest BCUT2D eigenvalue weighted by atomic mass is 10.2. The fourth-order valence-electron chi connectivity index (χ4n) is 2.44. The van der Waals surface area contributed by atoms with Crippen molar-refractivity contribution in [3.8, 4) is 5.69 Å². The summed E-state index contributed by atoms with van der Waals surface area (Å²) in [7, 11) is 0. The molecule has 3 aromatic rings. The molecule has 0 aliphatic rings. The average Bonchev–Trinajstić information content (AvgIpc) is 2.58. The lowest BCUT2D eigenvalue weighted by molar-refractivity contribution is 0.815. The molecule has 0 fully saturated rings. The molecule has 2 aromatic carbocycles. The predicted molar refractivity (Wildman–Crippen MR) is 90.7 cm³/mol. The highest BCUT2D eigenvalue weighted by molar-refractivity contribution is 5.82. The highest BCUT2D eigenvalue weighted by Crippen LogP contribution is 2.16. The number of aromatic nitrogens is 2. The van der Waals surface area contributed by atoms with Crippen LogP contribution >= 0.6 is 0 Å². The van der Waals surface area contributed by atoms with E-state index in [4.69, 9.17) is 0 Å². The molecule has 0 aliphatic carbocycles. The Bertz CT molecular complexity index is 825. The smallest absolute Gasteiger partial charge is 0.231 e. The fraction of sp³-hybridized carbons (Fsp3) is 0.222. The molecule has 0 saturated carbocycles. The van der Waals surface area contributed by atoms with Gasteiger partial charge in [0.05, 0.1) is 16.6 Å². The van der Waals surface area contributed by atoms with E-state index < -0.39 is 0 Å². The van der Waals surface area contributed by atoms with Crippen molar-refractivity contribution in [3.63, 3.8) is 0 Å². The topological polar surface area (TPSA) is 46.9 Å². The minimum atomic E-state index is -0.0427. The van der Waals surface area contributed by atoms with E-state index in [0.29, 0.717) is 11.2 Å². The van der Waals surface area contributed by atoms with Crippen molar-refractivity contribution in [3.05, 3.63) is 64.8 Å². The summed E-state index contributed by atoms with van der Waals surface area (Å²) < 4.78 is 1.82. The van der Waals surface area contributed by atoms with Gasteiger partial charge in [-0.15, -0.1) is 5.10 Å². The molecule has 0 amide bonds. The highest BCUT2D eigenvalue weighted by atomic mass is 16.1. The highest BCUT2D eigenvalue weighted by Gasteiger charge is 2.11. The van der Waals surface area contributed by atoms with Crippen molar-refractivity contribution < 1.29 is 0 Å². The van der Waals surface area contributed by atoms with E-state index in [-0.39, 0.29) is 5.43 Å². The van der Waals surface area contributed by atoms with Gasteiger partial charge in [-0.1, -0.05) is 43.7 Å². The van der Waals surface area contributed by atoms with Crippen molar-refractivity contribution in [2.75, 3.05) is 11.9 Å². The molecule has 0 atom stereocenters. The zero-order valence-corrected chi connectivity index (χ0v) is 12.6. The molecule has 112 valence electrons. The molecule has 3 rings (SSSR count). The number of para-hydroxylation sites is 2. The third-order valence-corrected chi connectivity index (χ3v) is 3.62. The molecule has 0 radical (unpaired) electrons. The molecule has 4 heteroatoms. The molecule has 0 saturated heterocycles. The molecule has 1 aromatic heterocycles. The number of benzene rings is 2. The first kappa shape index (κ1) is 14.3. The van der Waals surface area contributed by atoms with Crippen LogP contribution in [0.5, 0.6) is 0 Å². The van der Waals surface area contributed by atoms with Gasteiger partial charge in [0.2, 0.25) is 5.43 Å². The Morgan fingerprint density at radius 3 is 2.55 bits per heavy atom. The van der Waals surface area contributed by atoms with Crippen molar-refractivity contribution in [1.82, 2.24) is 9.78 Å². The average molecular weight is 293 g/mol. The summed E-state index contributed by atoms with van der Waals surface area (Å²) in [4.78, 5) is 12.6. The number of nitrogens with zero attached hydrogens (tertiary/aromatic N) is 2. The van der Waals surface area contributed by atoms with E-state index in [1.165, 1.54) is 0 Å². The molecule has 1 heterocycles. The van der Waals surface area contributed by atoms with Crippen molar-refractivity contribution in [2.45, 2.75) is 19.8 Å². The fourth-order valence-corrected chi connectivity index (χ4v) is 2.44. The first-order valence-corrected chi connectivity index (χ1v) is 7.62. The number of anilines is 1. The van der Waals surface area contributed by atoms with Crippen LogP contribution < -0.4 is 10.7 Å². The Labute approximate surface area is 129 Å². The number of fused-ring (bicyclic) bond motifs is 1. The Balaban J connectivity index is 2.18. The van der Waals surface area contributed by atoms with Gasteiger partial charge in [-0.3, -0.25) is 4.79 Å². The summed E-state index contributed by atoms with van der Waals surface area (Å²) in [6, 6.07) is 17.5. The first-order chi connectivity index (χ1) is 10.8. The Morgan fingerprint density at radius 2 is 1.77 bits per heavy atom. The predicted octanol–water partition coefficient (Wildman–Crippen LogP) is 3.60. The van der Waals surface area contributed by atoms with Gasteiger partial charge in [0.25, 0.3) is 0 Å². The van der Waals surface area contributed by atoms with E-state index in [1.807, 2.05) is 59.3 Å². The lowest BCUT2D eigenvalue weighted by Crippen LogP contribution is -2.19.